The molecule has 0 bridgehead atoms. The third kappa shape index (κ3) is 48.3. The first-order valence-corrected chi connectivity index (χ1v) is 35.2. The van der Waals surface area contributed by atoms with E-state index in [9.17, 15) is 35.1 Å². The van der Waals surface area contributed by atoms with Gasteiger partial charge >= 0.3 is 5.97 Å². The molecule has 11 heteroatoms. The van der Waals surface area contributed by atoms with Crippen molar-refractivity contribution in [2.45, 2.75) is 339 Å². The first-order chi connectivity index (χ1) is 42.2. The topological polar surface area (TPSA) is 175 Å². The van der Waals surface area contributed by atoms with E-state index in [-0.39, 0.29) is 19.4 Å². The van der Waals surface area contributed by atoms with E-state index in [0.29, 0.717) is 12.8 Å². The molecule has 8 unspecified atom stereocenters. The zero-order valence-electron chi connectivity index (χ0n) is 54.9. The summed E-state index contributed by atoms with van der Waals surface area (Å²) in [6.07, 6.45) is 74.4. The molecule has 0 saturated carbocycles. The maximum atomic E-state index is 13.4. The van der Waals surface area contributed by atoms with E-state index in [0.717, 1.165) is 83.5 Å². The van der Waals surface area contributed by atoms with Crippen LogP contribution < -0.4 is 5.32 Å². The number of carbonyl (C=O) groups excluding carboxylic acids is 2. The maximum Gasteiger partial charge on any atom is 0.306 e. The lowest BCUT2D eigenvalue weighted by molar-refractivity contribution is -0.305. The molecule has 1 rings (SSSR count). The monoisotopic (exact) mass is 1200 g/mol. The number of unbranched alkanes of at least 4 members (excludes halogenated alkanes) is 30. The molecule has 0 radical (unpaired) electrons. The summed E-state index contributed by atoms with van der Waals surface area (Å²) in [5, 5.41) is 57.0. The van der Waals surface area contributed by atoms with Crippen LogP contribution in [-0.4, -0.2) is 99.6 Å². The number of aliphatic hydroxyl groups excluding tert-OH is 5. The number of hydrogen-bond acceptors (Lipinski definition) is 10. The molecule has 6 N–H and O–H groups in total. The number of allylic oxidation sites excluding steroid dienone is 16. The zero-order chi connectivity index (χ0) is 62.4. The molecular weight excluding hydrogens is 1070 g/mol. The molecular formula is C75H129NO10. The molecule has 1 saturated heterocycles. The molecule has 0 aromatic rings. The summed E-state index contributed by atoms with van der Waals surface area (Å²) in [4.78, 5) is 26.6. The van der Waals surface area contributed by atoms with Gasteiger partial charge in [0.05, 0.1) is 25.4 Å². The van der Waals surface area contributed by atoms with Crippen LogP contribution in [0.2, 0.25) is 0 Å². The third-order valence-electron chi connectivity index (χ3n) is 15.9. The van der Waals surface area contributed by atoms with Crippen molar-refractivity contribution in [2.24, 2.45) is 0 Å². The standard InChI is InChI=1S/C75H129NO10/c1-4-7-10-13-16-19-22-25-27-29-31-32-33-34-35-36-37-38-39-41-43-45-48-51-54-57-60-63-70(80)86-73-72(82)71(81)69(64-77)85-75(73)84-65-66(67(78)61-58-55-52-49-46-24-21-18-15-12-9-6-3)76-74(83)68(79)62-59-56-53-50-47-44-42-40-30-28-26-23-20-17-14-11-8-5-2/h8,11,16-17,19-20,25-28,40,42,47,50,56,58-59,61,66-69,71-73,75,77-79,81-82H,4-7,9-10,12-15,18,21-24,29-39,41,43-46,48-49,51-55,57,60,62-65H2,1-3H3,(H,76,83)/b11-8-,19-16-,20-17-,27-25-,28-26-,42-40-,50-47-,59-56-,61-58+. The van der Waals surface area contributed by atoms with Crippen molar-refractivity contribution in [3.8, 4) is 0 Å². The van der Waals surface area contributed by atoms with Crippen LogP contribution in [0.1, 0.15) is 290 Å². The van der Waals surface area contributed by atoms with Crippen LogP contribution in [0.15, 0.2) is 109 Å². The van der Waals surface area contributed by atoms with E-state index in [2.05, 4.69) is 105 Å². The van der Waals surface area contributed by atoms with E-state index in [1.807, 2.05) is 18.2 Å². The van der Waals surface area contributed by atoms with Gasteiger partial charge in [-0.05, 0) is 89.9 Å². The van der Waals surface area contributed by atoms with Gasteiger partial charge in [0.2, 0.25) is 5.91 Å². The summed E-state index contributed by atoms with van der Waals surface area (Å²) in [5.74, 6) is -1.28. The van der Waals surface area contributed by atoms with E-state index in [1.165, 1.54) is 161 Å². The highest BCUT2D eigenvalue weighted by molar-refractivity contribution is 5.81. The molecule has 0 aromatic heterocycles. The van der Waals surface area contributed by atoms with Gasteiger partial charge in [-0.15, -0.1) is 0 Å². The Kier molecular flexibility index (Phi) is 57.5. The summed E-state index contributed by atoms with van der Waals surface area (Å²) >= 11 is 0. The van der Waals surface area contributed by atoms with Crippen molar-refractivity contribution in [3.63, 3.8) is 0 Å². The second kappa shape index (κ2) is 61.6. The summed E-state index contributed by atoms with van der Waals surface area (Å²) in [7, 11) is 0. The zero-order valence-corrected chi connectivity index (χ0v) is 54.9. The fraction of sp³-hybridized carbons (Fsp3) is 0.733. The molecule has 1 heterocycles. The number of amides is 1. The summed E-state index contributed by atoms with van der Waals surface area (Å²) < 4.78 is 17.6. The fourth-order valence-corrected chi connectivity index (χ4v) is 10.4. The van der Waals surface area contributed by atoms with Crippen LogP contribution in [0, 0.1) is 0 Å². The van der Waals surface area contributed by atoms with Gasteiger partial charge < -0.3 is 45.1 Å². The van der Waals surface area contributed by atoms with Gasteiger partial charge in [0.1, 0.15) is 24.4 Å². The number of rotatable bonds is 59. The third-order valence-corrected chi connectivity index (χ3v) is 15.9. The van der Waals surface area contributed by atoms with Gasteiger partial charge in [-0.2, -0.15) is 0 Å². The van der Waals surface area contributed by atoms with E-state index in [4.69, 9.17) is 14.2 Å². The molecule has 1 fully saturated rings. The van der Waals surface area contributed by atoms with Gasteiger partial charge in [-0.3, -0.25) is 9.59 Å². The van der Waals surface area contributed by atoms with E-state index in [1.54, 1.807) is 12.2 Å². The Morgan fingerprint density at radius 1 is 0.465 bits per heavy atom. The maximum absolute atomic E-state index is 13.4. The average molecular weight is 1200 g/mol. The fourth-order valence-electron chi connectivity index (χ4n) is 10.4. The molecule has 1 amide bonds. The summed E-state index contributed by atoms with van der Waals surface area (Å²) in [6.45, 7) is 5.62. The molecule has 494 valence electrons. The number of carbonyl (C=O) groups is 2. The van der Waals surface area contributed by atoms with Gasteiger partial charge in [0.25, 0.3) is 0 Å². The minimum absolute atomic E-state index is 0.0542. The molecule has 0 aromatic carbocycles. The second-order valence-corrected chi connectivity index (χ2v) is 23.9. The Morgan fingerprint density at radius 2 is 0.837 bits per heavy atom. The van der Waals surface area contributed by atoms with Crippen LogP contribution in [0.4, 0.5) is 0 Å². The Bertz CT molecular complexity index is 1820. The van der Waals surface area contributed by atoms with Crippen LogP contribution in [-0.2, 0) is 23.8 Å². The van der Waals surface area contributed by atoms with Crippen molar-refractivity contribution in [1.29, 1.82) is 0 Å². The lowest BCUT2D eigenvalue weighted by Gasteiger charge is -2.41. The minimum Gasteiger partial charge on any atom is -0.454 e. The first kappa shape index (κ1) is 80.3. The Balaban J connectivity index is 2.59. The van der Waals surface area contributed by atoms with Gasteiger partial charge in [-0.25, -0.2) is 0 Å². The van der Waals surface area contributed by atoms with E-state index < -0.39 is 67.4 Å². The quantitative estimate of drug-likeness (QED) is 0.0195. The molecule has 86 heavy (non-hydrogen) atoms. The Morgan fingerprint density at radius 3 is 1.28 bits per heavy atom. The van der Waals surface area contributed by atoms with Gasteiger partial charge in [-0.1, -0.05) is 297 Å². The first-order valence-electron chi connectivity index (χ1n) is 35.2. The molecule has 1 aliphatic heterocycles. The van der Waals surface area contributed by atoms with E-state index >= 15 is 0 Å². The van der Waals surface area contributed by atoms with Crippen molar-refractivity contribution in [1.82, 2.24) is 5.32 Å². The number of hydrogen-bond donors (Lipinski definition) is 6. The number of esters is 1. The highest BCUT2D eigenvalue weighted by Gasteiger charge is 2.47. The lowest BCUT2D eigenvalue weighted by atomic mass is 9.99. The van der Waals surface area contributed by atoms with Crippen molar-refractivity contribution in [2.75, 3.05) is 13.2 Å². The number of nitrogens with one attached hydrogen (secondary N) is 1. The molecule has 1 aliphatic rings. The minimum atomic E-state index is -1.63. The summed E-state index contributed by atoms with van der Waals surface area (Å²) in [6, 6.07) is -1.07. The average Bonchev–Trinajstić information content (AvgIpc) is 3.59. The lowest BCUT2D eigenvalue weighted by Crippen LogP contribution is -2.61. The van der Waals surface area contributed by atoms with Crippen LogP contribution >= 0.6 is 0 Å². The predicted molar refractivity (Wildman–Crippen MR) is 361 cm³/mol. The molecule has 0 aliphatic carbocycles. The van der Waals surface area contributed by atoms with Crippen molar-refractivity contribution in [3.05, 3.63) is 109 Å². The van der Waals surface area contributed by atoms with Crippen LogP contribution in [0.3, 0.4) is 0 Å². The van der Waals surface area contributed by atoms with Gasteiger partial charge in [0, 0.05) is 12.8 Å². The Hall–Kier alpha value is -3.68. The highest BCUT2D eigenvalue weighted by atomic mass is 16.7. The number of ether oxygens (including phenoxy) is 3. The number of aliphatic hydroxyl groups is 5. The second-order valence-electron chi connectivity index (χ2n) is 23.9. The molecule has 8 atom stereocenters. The smallest absolute Gasteiger partial charge is 0.306 e. The molecule has 11 nitrogen and oxygen atoms in total. The SMILES string of the molecule is CC/C=C\C/C=C\C/C=C\C/C=C\C/C=C\C/C=C\CC(O)C(=O)NC(COC1OC(CO)C(O)C(O)C1OC(=O)CCCCCCCCCCCCCCCCCCC/C=C\C/C=C\CCCCC)C(O)/C=C/CCCCCCCCCCCC. The van der Waals surface area contributed by atoms with Crippen molar-refractivity contribution < 1.29 is 49.3 Å². The van der Waals surface area contributed by atoms with Crippen molar-refractivity contribution >= 4 is 11.9 Å². The van der Waals surface area contributed by atoms with Crippen LogP contribution in [0.5, 0.6) is 0 Å². The molecule has 0 spiro atoms. The highest BCUT2D eigenvalue weighted by Crippen LogP contribution is 2.26. The van der Waals surface area contributed by atoms with Crippen LogP contribution in [0.25, 0.3) is 0 Å². The summed E-state index contributed by atoms with van der Waals surface area (Å²) in [5.41, 5.74) is 0. The Labute approximate surface area is 526 Å². The predicted octanol–water partition coefficient (Wildman–Crippen LogP) is 18.0. The largest absolute Gasteiger partial charge is 0.454 e. The normalized spacial score (nSPS) is 19.0. The van der Waals surface area contributed by atoms with Gasteiger partial charge in [0.15, 0.2) is 12.4 Å².